The van der Waals surface area contributed by atoms with Gasteiger partial charge in [-0.3, -0.25) is 4.79 Å². The smallest absolute Gasteiger partial charge is 0.225 e. The van der Waals surface area contributed by atoms with Crippen LogP contribution in [0.2, 0.25) is 0 Å². The molecule has 1 atom stereocenters. The molecule has 1 unspecified atom stereocenters. The number of benzene rings is 1. The van der Waals surface area contributed by atoms with E-state index in [0.717, 1.165) is 38.4 Å². The SMILES string of the molecule is NC(=O)C1(Cc2ccccc2-c2cccs2)CCN(CC2CC2)C1. The maximum Gasteiger partial charge on any atom is 0.225 e. The van der Waals surface area contributed by atoms with Gasteiger partial charge in [-0.15, -0.1) is 11.3 Å². The van der Waals surface area contributed by atoms with Crippen LogP contribution >= 0.6 is 11.3 Å². The normalized spacial score (nSPS) is 24.3. The van der Waals surface area contributed by atoms with Crippen molar-refractivity contribution in [2.75, 3.05) is 19.6 Å². The van der Waals surface area contributed by atoms with Crippen molar-refractivity contribution >= 4 is 17.2 Å². The topological polar surface area (TPSA) is 46.3 Å². The zero-order valence-electron chi connectivity index (χ0n) is 13.9. The largest absolute Gasteiger partial charge is 0.369 e. The zero-order chi connectivity index (χ0) is 16.6. The first kappa shape index (κ1) is 15.9. The lowest BCUT2D eigenvalue weighted by Crippen LogP contribution is -2.41. The first-order valence-corrected chi connectivity index (χ1v) is 9.68. The number of hydrogen-bond donors (Lipinski definition) is 1. The van der Waals surface area contributed by atoms with E-state index in [1.807, 2.05) is 0 Å². The monoisotopic (exact) mass is 340 g/mol. The summed E-state index contributed by atoms with van der Waals surface area (Å²) in [7, 11) is 0. The Labute approximate surface area is 147 Å². The Morgan fingerprint density at radius 2 is 2.08 bits per heavy atom. The first-order chi connectivity index (χ1) is 11.7. The molecule has 0 spiro atoms. The highest BCUT2D eigenvalue weighted by atomic mass is 32.1. The number of carbonyl (C=O) groups excluding carboxylic acids is 1. The van der Waals surface area contributed by atoms with Crippen LogP contribution in [0.3, 0.4) is 0 Å². The number of nitrogens with zero attached hydrogens (tertiary/aromatic N) is 1. The molecule has 1 saturated carbocycles. The summed E-state index contributed by atoms with van der Waals surface area (Å²) < 4.78 is 0. The highest BCUT2D eigenvalue weighted by molar-refractivity contribution is 7.13. The highest BCUT2D eigenvalue weighted by Gasteiger charge is 2.44. The molecule has 1 saturated heterocycles. The Morgan fingerprint density at radius 3 is 2.79 bits per heavy atom. The fourth-order valence-electron chi connectivity index (χ4n) is 3.92. The fraction of sp³-hybridized carbons (Fsp3) is 0.450. The zero-order valence-corrected chi connectivity index (χ0v) is 14.7. The van der Waals surface area contributed by atoms with Crippen LogP contribution in [0.4, 0.5) is 0 Å². The van der Waals surface area contributed by atoms with Crippen molar-refractivity contribution < 1.29 is 4.79 Å². The summed E-state index contributed by atoms with van der Waals surface area (Å²) in [5.74, 6) is 0.717. The quantitative estimate of drug-likeness (QED) is 0.874. The van der Waals surface area contributed by atoms with E-state index in [2.05, 4.69) is 46.7 Å². The van der Waals surface area contributed by atoms with Crippen molar-refractivity contribution in [1.82, 2.24) is 4.90 Å². The molecule has 126 valence electrons. The molecule has 0 bridgehead atoms. The maximum absolute atomic E-state index is 12.4. The van der Waals surface area contributed by atoms with Crippen molar-refractivity contribution in [3.8, 4) is 10.4 Å². The van der Waals surface area contributed by atoms with Gasteiger partial charge in [-0.25, -0.2) is 0 Å². The van der Waals surface area contributed by atoms with Crippen LogP contribution in [-0.2, 0) is 11.2 Å². The number of thiophene rings is 1. The number of amides is 1. The minimum Gasteiger partial charge on any atom is -0.369 e. The number of rotatable bonds is 6. The lowest BCUT2D eigenvalue weighted by molar-refractivity contribution is -0.127. The average Bonchev–Trinajstić information content (AvgIpc) is 3.07. The molecule has 2 fully saturated rings. The molecule has 2 heterocycles. The van der Waals surface area contributed by atoms with Crippen molar-refractivity contribution in [3.05, 3.63) is 47.3 Å². The summed E-state index contributed by atoms with van der Waals surface area (Å²) in [6, 6.07) is 12.7. The van der Waals surface area contributed by atoms with Gasteiger partial charge in [0.05, 0.1) is 5.41 Å². The van der Waals surface area contributed by atoms with Gasteiger partial charge in [-0.1, -0.05) is 30.3 Å². The van der Waals surface area contributed by atoms with Crippen molar-refractivity contribution in [1.29, 1.82) is 0 Å². The molecule has 2 aliphatic rings. The maximum atomic E-state index is 12.4. The number of likely N-dealkylation sites (tertiary alicyclic amines) is 1. The number of carbonyl (C=O) groups is 1. The van der Waals surface area contributed by atoms with Gasteiger partial charge in [-0.2, -0.15) is 0 Å². The molecule has 4 rings (SSSR count). The number of primary amides is 1. The molecule has 1 aromatic heterocycles. The minimum atomic E-state index is -0.414. The van der Waals surface area contributed by atoms with Gasteiger partial charge in [0.25, 0.3) is 0 Å². The van der Waals surface area contributed by atoms with Crippen LogP contribution in [-0.4, -0.2) is 30.4 Å². The van der Waals surface area contributed by atoms with Gasteiger partial charge < -0.3 is 10.6 Å². The van der Waals surface area contributed by atoms with Crippen molar-refractivity contribution in [3.63, 3.8) is 0 Å². The van der Waals surface area contributed by atoms with Crippen LogP contribution in [0.15, 0.2) is 41.8 Å². The lowest BCUT2D eigenvalue weighted by atomic mass is 9.79. The van der Waals surface area contributed by atoms with E-state index in [1.165, 1.54) is 28.8 Å². The molecular formula is C20H24N2OS. The summed E-state index contributed by atoms with van der Waals surface area (Å²) >= 11 is 1.75. The fourth-order valence-corrected chi connectivity index (χ4v) is 4.71. The standard InChI is InChI=1S/C20H24N2OS/c21-19(23)20(9-10-22(14-20)13-15-7-8-15)12-16-4-1-2-5-17(16)18-6-3-11-24-18/h1-6,11,15H,7-10,12-14H2,(H2,21,23). The minimum absolute atomic E-state index is 0.137. The molecule has 4 heteroatoms. The molecule has 2 aromatic rings. The van der Waals surface area contributed by atoms with Crippen molar-refractivity contribution in [2.45, 2.75) is 25.7 Å². The Hall–Kier alpha value is -1.65. The highest BCUT2D eigenvalue weighted by Crippen LogP contribution is 2.39. The molecule has 1 aliphatic heterocycles. The summed E-state index contributed by atoms with van der Waals surface area (Å²) in [5, 5.41) is 2.10. The van der Waals surface area contributed by atoms with Crippen LogP contribution in [0, 0.1) is 11.3 Å². The van der Waals surface area contributed by atoms with Crippen LogP contribution in [0.25, 0.3) is 10.4 Å². The summed E-state index contributed by atoms with van der Waals surface area (Å²) in [6.45, 7) is 2.96. The molecule has 1 amide bonds. The lowest BCUT2D eigenvalue weighted by Gasteiger charge is -2.27. The van der Waals surface area contributed by atoms with E-state index in [4.69, 9.17) is 5.73 Å². The number of hydrogen-bond acceptors (Lipinski definition) is 3. The van der Waals surface area contributed by atoms with E-state index in [1.54, 1.807) is 11.3 Å². The van der Waals surface area contributed by atoms with Gasteiger partial charge in [0.15, 0.2) is 0 Å². The molecule has 0 radical (unpaired) electrons. The molecular weight excluding hydrogens is 316 g/mol. The summed E-state index contributed by atoms with van der Waals surface area (Å²) in [4.78, 5) is 16.1. The Morgan fingerprint density at radius 1 is 1.25 bits per heavy atom. The van der Waals surface area contributed by atoms with Gasteiger partial charge in [0.2, 0.25) is 5.91 Å². The van der Waals surface area contributed by atoms with Crippen LogP contribution in [0.5, 0.6) is 0 Å². The van der Waals surface area contributed by atoms with Gasteiger partial charge in [-0.05, 0) is 60.7 Å². The second kappa shape index (κ2) is 6.34. The third-order valence-corrected chi connectivity index (χ3v) is 6.40. The first-order valence-electron chi connectivity index (χ1n) is 8.80. The molecule has 1 aliphatic carbocycles. The third kappa shape index (κ3) is 3.13. The van der Waals surface area contributed by atoms with E-state index in [-0.39, 0.29) is 5.91 Å². The molecule has 24 heavy (non-hydrogen) atoms. The number of nitrogens with two attached hydrogens (primary N) is 1. The second-order valence-electron chi connectivity index (χ2n) is 7.38. The van der Waals surface area contributed by atoms with Crippen molar-refractivity contribution in [2.24, 2.45) is 17.1 Å². The Balaban J connectivity index is 1.59. The predicted octanol–water partition coefficient (Wildman–Crippen LogP) is 3.55. The Kier molecular flexibility index (Phi) is 4.19. The second-order valence-corrected chi connectivity index (χ2v) is 8.33. The molecule has 2 N–H and O–H groups in total. The molecule has 1 aromatic carbocycles. The van der Waals surface area contributed by atoms with Crippen LogP contribution < -0.4 is 5.73 Å². The summed E-state index contributed by atoms with van der Waals surface area (Å²) in [5.41, 5.74) is 7.97. The van der Waals surface area contributed by atoms with E-state index in [0.29, 0.717) is 0 Å². The third-order valence-electron chi connectivity index (χ3n) is 5.50. The van der Waals surface area contributed by atoms with Gasteiger partial charge >= 0.3 is 0 Å². The van der Waals surface area contributed by atoms with E-state index in [9.17, 15) is 4.79 Å². The van der Waals surface area contributed by atoms with Crippen LogP contribution in [0.1, 0.15) is 24.8 Å². The van der Waals surface area contributed by atoms with E-state index < -0.39 is 5.41 Å². The summed E-state index contributed by atoms with van der Waals surface area (Å²) in [6.07, 6.45) is 4.33. The molecule has 3 nitrogen and oxygen atoms in total. The van der Waals surface area contributed by atoms with Gasteiger partial charge in [0, 0.05) is 18.0 Å². The van der Waals surface area contributed by atoms with Gasteiger partial charge in [0.1, 0.15) is 0 Å². The predicted molar refractivity (Wildman–Crippen MR) is 98.9 cm³/mol. The van der Waals surface area contributed by atoms with E-state index >= 15 is 0 Å². The average molecular weight is 340 g/mol. The Bertz CT molecular complexity index is 723.